The Morgan fingerprint density at radius 2 is 1.71 bits per heavy atom. The van der Waals surface area contributed by atoms with E-state index in [-0.39, 0.29) is 23.4 Å². The van der Waals surface area contributed by atoms with Crippen molar-refractivity contribution < 1.29 is 23.8 Å². The Morgan fingerprint density at radius 3 is 2.33 bits per heavy atom. The zero-order valence-electron chi connectivity index (χ0n) is 14.4. The smallest absolute Gasteiger partial charge is 0.343 e. The number of methoxy groups -OCH3 is 2. The van der Waals surface area contributed by atoms with Gasteiger partial charge in [0.2, 0.25) is 0 Å². The van der Waals surface area contributed by atoms with Gasteiger partial charge in [0.1, 0.15) is 0 Å². The molecule has 128 valence electrons. The van der Waals surface area contributed by atoms with Gasteiger partial charge in [0, 0.05) is 11.3 Å². The molecule has 1 saturated carbocycles. The van der Waals surface area contributed by atoms with Gasteiger partial charge in [-0.2, -0.15) is 0 Å². The summed E-state index contributed by atoms with van der Waals surface area (Å²) in [5.41, 5.74) is -0.532. The summed E-state index contributed by atoms with van der Waals surface area (Å²) in [6.07, 6.45) is 1.23. The average molecular weight is 330 g/mol. The molecule has 1 aliphatic heterocycles. The van der Waals surface area contributed by atoms with Crippen molar-refractivity contribution >= 4 is 11.9 Å². The summed E-state index contributed by atoms with van der Waals surface area (Å²) < 4.78 is 16.7. The van der Waals surface area contributed by atoms with Gasteiger partial charge in [-0.1, -0.05) is 31.2 Å². The normalized spacial score (nSPS) is 41.7. The molecule has 1 aromatic rings. The number of carbonyl (C=O) groups is 2. The molecular weight excluding hydrogens is 308 g/mol. The Kier molecular flexibility index (Phi) is 3.00. The molecule has 5 unspecified atom stereocenters. The van der Waals surface area contributed by atoms with Crippen LogP contribution < -0.4 is 0 Å². The van der Waals surface area contributed by atoms with E-state index < -0.39 is 17.0 Å². The minimum Gasteiger partial charge on any atom is -0.469 e. The Morgan fingerprint density at radius 1 is 1.08 bits per heavy atom. The Balaban J connectivity index is 2.05. The fourth-order valence-corrected chi connectivity index (χ4v) is 5.78. The van der Waals surface area contributed by atoms with E-state index in [1.54, 1.807) is 0 Å². The van der Waals surface area contributed by atoms with Gasteiger partial charge in [0.15, 0.2) is 5.60 Å². The van der Waals surface area contributed by atoms with Crippen molar-refractivity contribution in [2.75, 3.05) is 14.2 Å². The molecule has 1 heterocycles. The van der Waals surface area contributed by atoms with Crippen LogP contribution in [-0.4, -0.2) is 32.3 Å². The van der Waals surface area contributed by atoms with Gasteiger partial charge in [-0.15, -0.1) is 0 Å². The van der Waals surface area contributed by atoms with Crippen molar-refractivity contribution in [3.05, 3.63) is 35.4 Å². The number of carbonyl (C=O) groups excluding carboxylic acids is 2. The molecule has 0 spiro atoms. The monoisotopic (exact) mass is 330 g/mol. The van der Waals surface area contributed by atoms with Crippen molar-refractivity contribution in [2.24, 2.45) is 11.3 Å². The second-order valence-electron chi connectivity index (χ2n) is 7.54. The zero-order chi connectivity index (χ0) is 17.3. The summed E-state index contributed by atoms with van der Waals surface area (Å²) in [5.74, 6) is -1.08. The van der Waals surface area contributed by atoms with E-state index in [0.717, 1.165) is 17.5 Å². The van der Waals surface area contributed by atoms with Gasteiger partial charge in [-0.05, 0) is 30.9 Å². The van der Waals surface area contributed by atoms with Crippen LogP contribution in [0.4, 0.5) is 0 Å². The number of fused-ring (bicyclic) bond motifs is 4. The Bertz CT molecular complexity index is 743. The summed E-state index contributed by atoms with van der Waals surface area (Å²) >= 11 is 0. The van der Waals surface area contributed by atoms with E-state index in [9.17, 15) is 9.59 Å². The number of ether oxygens (including phenoxy) is 3. The van der Waals surface area contributed by atoms with Crippen molar-refractivity contribution in [2.45, 2.75) is 43.8 Å². The van der Waals surface area contributed by atoms with Crippen LogP contribution >= 0.6 is 0 Å². The molecule has 1 aromatic carbocycles. The molecule has 24 heavy (non-hydrogen) atoms. The lowest BCUT2D eigenvalue weighted by molar-refractivity contribution is -0.172. The van der Waals surface area contributed by atoms with E-state index in [1.807, 2.05) is 31.2 Å². The maximum Gasteiger partial charge on any atom is 0.343 e. The summed E-state index contributed by atoms with van der Waals surface area (Å²) in [6, 6.07) is 7.84. The van der Waals surface area contributed by atoms with Gasteiger partial charge in [-0.25, -0.2) is 4.79 Å². The first-order chi connectivity index (χ1) is 11.4. The summed E-state index contributed by atoms with van der Waals surface area (Å²) in [7, 11) is 2.76. The third-order valence-corrected chi connectivity index (χ3v) is 6.62. The number of hydrogen-bond donors (Lipinski definition) is 0. The number of esters is 2. The quantitative estimate of drug-likeness (QED) is 0.779. The van der Waals surface area contributed by atoms with Crippen molar-refractivity contribution in [1.29, 1.82) is 0 Å². The lowest BCUT2D eigenvalue weighted by atomic mass is 9.54. The zero-order valence-corrected chi connectivity index (χ0v) is 14.4. The molecule has 5 nitrogen and oxygen atoms in total. The van der Waals surface area contributed by atoms with Crippen molar-refractivity contribution in [3.63, 3.8) is 0 Å². The molecule has 5 atom stereocenters. The first-order valence-electron chi connectivity index (χ1n) is 8.32. The van der Waals surface area contributed by atoms with Crippen LogP contribution in [0, 0.1) is 11.3 Å². The molecule has 5 heteroatoms. The SMILES string of the molecule is COC(=O)C12OC3CCC(C)(c4ccccc41)C2C3(C)C(=O)OC. The van der Waals surface area contributed by atoms with Crippen LogP contribution in [0.3, 0.4) is 0 Å². The molecule has 4 rings (SSSR count). The molecule has 0 amide bonds. The highest BCUT2D eigenvalue weighted by Crippen LogP contribution is 2.71. The third kappa shape index (κ3) is 1.41. The highest BCUT2D eigenvalue weighted by Gasteiger charge is 2.79. The summed E-state index contributed by atoms with van der Waals surface area (Å²) in [5, 5.41) is 0. The second kappa shape index (κ2) is 4.60. The van der Waals surface area contributed by atoms with Gasteiger partial charge >= 0.3 is 11.9 Å². The van der Waals surface area contributed by atoms with E-state index in [2.05, 4.69) is 6.92 Å². The fraction of sp³-hybridized carbons (Fsp3) is 0.579. The fourth-order valence-electron chi connectivity index (χ4n) is 5.78. The largest absolute Gasteiger partial charge is 0.469 e. The van der Waals surface area contributed by atoms with Gasteiger partial charge in [-0.3, -0.25) is 4.79 Å². The predicted octanol–water partition coefficient (Wildman–Crippen LogP) is 2.31. The molecule has 2 bridgehead atoms. The van der Waals surface area contributed by atoms with Crippen LogP contribution in [0.25, 0.3) is 0 Å². The second-order valence-corrected chi connectivity index (χ2v) is 7.54. The average Bonchev–Trinajstić information content (AvgIpc) is 2.94. The topological polar surface area (TPSA) is 61.8 Å². The lowest BCUT2D eigenvalue weighted by Gasteiger charge is -2.46. The predicted molar refractivity (Wildman–Crippen MR) is 85.2 cm³/mol. The molecule has 2 aliphatic carbocycles. The molecule has 2 fully saturated rings. The standard InChI is InChI=1S/C19H22O5/c1-17-10-9-13-18(2,15(20)22-3)14(17)19(24-13,16(21)23-4)12-8-6-5-7-11(12)17/h5-8,13-14H,9-10H2,1-4H3. The molecule has 0 aromatic heterocycles. The van der Waals surface area contributed by atoms with Gasteiger partial charge < -0.3 is 14.2 Å². The number of rotatable bonds is 2. The lowest BCUT2D eigenvalue weighted by Crippen LogP contribution is -2.54. The Hall–Kier alpha value is -1.88. The maximum atomic E-state index is 12.9. The molecule has 0 N–H and O–H groups in total. The minimum absolute atomic E-state index is 0.318. The van der Waals surface area contributed by atoms with Crippen LogP contribution in [0.2, 0.25) is 0 Å². The van der Waals surface area contributed by atoms with Gasteiger partial charge in [0.05, 0.1) is 25.7 Å². The minimum atomic E-state index is -1.23. The van der Waals surface area contributed by atoms with Gasteiger partial charge in [0.25, 0.3) is 0 Å². The Labute approximate surface area is 141 Å². The summed E-state index contributed by atoms with van der Waals surface area (Å²) in [4.78, 5) is 25.7. The highest BCUT2D eigenvalue weighted by atomic mass is 16.6. The van der Waals surface area contributed by atoms with E-state index >= 15 is 0 Å². The highest BCUT2D eigenvalue weighted by molar-refractivity contribution is 5.89. The summed E-state index contributed by atoms with van der Waals surface area (Å²) in [6.45, 7) is 4.01. The van der Waals surface area contributed by atoms with Crippen LogP contribution in [-0.2, 0) is 34.8 Å². The molecule has 1 saturated heterocycles. The van der Waals surface area contributed by atoms with Crippen molar-refractivity contribution in [1.82, 2.24) is 0 Å². The first kappa shape index (κ1) is 15.6. The molecule has 3 aliphatic rings. The molecular formula is C19H22O5. The van der Waals surface area contributed by atoms with Crippen molar-refractivity contribution in [3.8, 4) is 0 Å². The third-order valence-electron chi connectivity index (χ3n) is 6.62. The van der Waals surface area contributed by atoms with E-state index in [0.29, 0.717) is 6.42 Å². The molecule has 0 radical (unpaired) electrons. The number of benzene rings is 1. The maximum absolute atomic E-state index is 12.9. The number of hydrogen-bond acceptors (Lipinski definition) is 5. The van der Waals surface area contributed by atoms with Crippen LogP contribution in [0.5, 0.6) is 0 Å². The first-order valence-corrected chi connectivity index (χ1v) is 8.32. The van der Waals surface area contributed by atoms with Crippen LogP contribution in [0.1, 0.15) is 37.8 Å². The van der Waals surface area contributed by atoms with Crippen LogP contribution in [0.15, 0.2) is 24.3 Å². The van der Waals surface area contributed by atoms with E-state index in [4.69, 9.17) is 14.2 Å². The van der Waals surface area contributed by atoms with E-state index in [1.165, 1.54) is 14.2 Å².